The van der Waals surface area contributed by atoms with E-state index in [-0.39, 0.29) is 0 Å². The number of anilines is 1. The molecule has 1 aromatic rings. The van der Waals surface area contributed by atoms with Crippen LogP contribution in [0.4, 0.5) is 5.69 Å². The summed E-state index contributed by atoms with van der Waals surface area (Å²) in [5, 5.41) is 0. The quantitative estimate of drug-likeness (QED) is 0.754. The van der Waals surface area contributed by atoms with E-state index in [0.717, 1.165) is 17.8 Å². The van der Waals surface area contributed by atoms with E-state index in [1.54, 1.807) is 0 Å². The molecule has 1 aliphatic rings. The first-order valence-electron chi connectivity index (χ1n) is 6.92. The lowest BCUT2D eigenvalue weighted by Gasteiger charge is -2.38. The van der Waals surface area contributed by atoms with Gasteiger partial charge in [0.05, 0.1) is 0 Å². The van der Waals surface area contributed by atoms with Crippen molar-refractivity contribution in [1.29, 1.82) is 0 Å². The fraction of sp³-hybridized carbons (Fsp3) is 0.562. The van der Waals surface area contributed by atoms with Crippen molar-refractivity contribution in [2.24, 2.45) is 5.92 Å². The van der Waals surface area contributed by atoms with Gasteiger partial charge in [0.1, 0.15) is 6.29 Å². The molecule has 98 valence electrons. The zero-order valence-electron chi connectivity index (χ0n) is 11.6. The number of nitrogens with zero attached hydrogens (tertiary/aromatic N) is 1. The van der Waals surface area contributed by atoms with Crippen LogP contribution in [-0.4, -0.2) is 19.4 Å². The molecule has 0 aliphatic heterocycles. The van der Waals surface area contributed by atoms with Crippen LogP contribution < -0.4 is 4.90 Å². The van der Waals surface area contributed by atoms with Gasteiger partial charge >= 0.3 is 0 Å². The van der Waals surface area contributed by atoms with Crippen LogP contribution >= 0.6 is 0 Å². The maximum Gasteiger partial charge on any atom is 0.150 e. The fourth-order valence-electron chi connectivity index (χ4n) is 3.20. The van der Waals surface area contributed by atoms with Crippen molar-refractivity contribution in [3.63, 3.8) is 0 Å². The molecule has 0 heterocycles. The maximum absolute atomic E-state index is 10.8. The second-order valence-electron chi connectivity index (χ2n) is 5.60. The Morgan fingerprint density at radius 2 is 2.00 bits per heavy atom. The van der Waals surface area contributed by atoms with Gasteiger partial charge in [-0.25, -0.2) is 0 Å². The second kappa shape index (κ2) is 5.55. The smallest absolute Gasteiger partial charge is 0.150 e. The number of carbonyl (C=O) groups is 1. The Morgan fingerprint density at radius 1 is 1.28 bits per heavy atom. The Hall–Kier alpha value is -1.31. The summed E-state index contributed by atoms with van der Waals surface area (Å²) in [5.74, 6) is 0.758. The summed E-state index contributed by atoms with van der Waals surface area (Å²) in [5.41, 5.74) is 3.22. The summed E-state index contributed by atoms with van der Waals surface area (Å²) in [7, 11) is 2.19. The monoisotopic (exact) mass is 245 g/mol. The van der Waals surface area contributed by atoms with E-state index >= 15 is 0 Å². The number of benzene rings is 1. The standard InChI is InChI=1S/C16H23NO/c1-12-6-4-5-7-15(12)17(3)16-9-8-14(11-18)10-13(16)2/h8-12,15H,4-7H2,1-3H3. The normalized spacial score (nSPS) is 23.7. The Bertz CT molecular complexity index is 427. The Kier molecular flexibility index (Phi) is 4.05. The van der Waals surface area contributed by atoms with E-state index < -0.39 is 0 Å². The highest BCUT2D eigenvalue weighted by Gasteiger charge is 2.25. The molecule has 0 spiro atoms. The van der Waals surface area contributed by atoms with E-state index in [1.807, 2.05) is 12.1 Å². The molecule has 0 N–H and O–H groups in total. The molecule has 2 nitrogen and oxygen atoms in total. The molecule has 0 saturated heterocycles. The van der Waals surface area contributed by atoms with Crippen molar-refractivity contribution in [2.45, 2.75) is 45.6 Å². The lowest BCUT2D eigenvalue weighted by Crippen LogP contribution is -2.39. The number of hydrogen-bond donors (Lipinski definition) is 0. The topological polar surface area (TPSA) is 20.3 Å². The molecule has 2 rings (SSSR count). The molecule has 2 heteroatoms. The molecule has 0 bridgehead atoms. The van der Waals surface area contributed by atoms with Gasteiger partial charge in [-0.3, -0.25) is 4.79 Å². The highest BCUT2D eigenvalue weighted by atomic mass is 16.1. The molecule has 2 unspecified atom stereocenters. The van der Waals surface area contributed by atoms with Crippen molar-refractivity contribution in [1.82, 2.24) is 0 Å². The minimum Gasteiger partial charge on any atom is -0.371 e. The van der Waals surface area contributed by atoms with E-state index in [4.69, 9.17) is 0 Å². The first kappa shape index (κ1) is 13.1. The van der Waals surface area contributed by atoms with Gasteiger partial charge in [0.15, 0.2) is 0 Å². The van der Waals surface area contributed by atoms with Gasteiger partial charge < -0.3 is 4.90 Å². The molecule has 1 fully saturated rings. The van der Waals surface area contributed by atoms with Gasteiger partial charge in [0.2, 0.25) is 0 Å². The summed E-state index contributed by atoms with van der Waals surface area (Å²) in [6, 6.07) is 6.62. The third-order valence-electron chi connectivity index (χ3n) is 4.30. The van der Waals surface area contributed by atoms with Gasteiger partial charge in [0, 0.05) is 24.3 Å². The van der Waals surface area contributed by atoms with Gasteiger partial charge in [0.25, 0.3) is 0 Å². The van der Waals surface area contributed by atoms with Gasteiger partial charge in [-0.2, -0.15) is 0 Å². The lowest BCUT2D eigenvalue weighted by atomic mass is 9.84. The third kappa shape index (κ3) is 2.58. The van der Waals surface area contributed by atoms with Crippen LogP contribution in [0.25, 0.3) is 0 Å². The van der Waals surface area contributed by atoms with Crippen LogP contribution in [0.3, 0.4) is 0 Å². The summed E-state index contributed by atoms with van der Waals surface area (Å²) in [4.78, 5) is 13.2. The zero-order valence-corrected chi connectivity index (χ0v) is 11.6. The van der Waals surface area contributed by atoms with Crippen molar-refractivity contribution >= 4 is 12.0 Å². The van der Waals surface area contributed by atoms with Crippen molar-refractivity contribution in [3.8, 4) is 0 Å². The van der Waals surface area contributed by atoms with Gasteiger partial charge in [-0.05, 0) is 49.4 Å². The molecule has 0 aromatic heterocycles. The van der Waals surface area contributed by atoms with E-state index in [1.165, 1.54) is 36.9 Å². The molecule has 1 aromatic carbocycles. The van der Waals surface area contributed by atoms with Gasteiger partial charge in [-0.1, -0.05) is 19.8 Å². The Morgan fingerprint density at radius 3 is 2.61 bits per heavy atom. The van der Waals surface area contributed by atoms with Crippen molar-refractivity contribution < 1.29 is 4.79 Å². The van der Waals surface area contributed by atoms with Crippen LogP contribution in [-0.2, 0) is 0 Å². The van der Waals surface area contributed by atoms with Crippen molar-refractivity contribution in [3.05, 3.63) is 29.3 Å². The Balaban J connectivity index is 2.22. The maximum atomic E-state index is 10.8. The fourth-order valence-corrected chi connectivity index (χ4v) is 3.20. The predicted molar refractivity (Wildman–Crippen MR) is 76.4 cm³/mol. The molecule has 1 aliphatic carbocycles. The van der Waals surface area contributed by atoms with E-state index in [0.29, 0.717) is 6.04 Å². The number of aryl methyl sites for hydroxylation is 1. The molecular weight excluding hydrogens is 222 g/mol. The van der Waals surface area contributed by atoms with Crippen LogP contribution in [0, 0.1) is 12.8 Å². The van der Waals surface area contributed by atoms with E-state index in [2.05, 4.69) is 31.9 Å². The largest absolute Gasteiger partial charge is 0.371 e. The molecule has 0 radical (unpaired) electrons. The zero-order chi connectivity index (χ0) is 13.1. The summed E-state index contributed by atoms with van der Waals surface area (Å²) in [6.07, 6.45) is 6.24. The van der Waals surface area contributed by atoms with Crippen LogP contribution in [0.2, 0.25) is 0 Å². The number of hydrogen-bond acceptors (Lipinski definition) is 2. The molecule has 0 amide bonds. The average Bonchev–Trinajstić information content (AvgIpc) is 2.38. The highest BCUT2D eigenvalue weighted by molar-refractivity contribution is 5.77. The van der Waals surface area contributed by atoms with Crippen LogP contribution in [0.5, 0.6) is 0 Å². The van der Waals surface area contributed by atoms with Gasteiger partial charge in [-0.15, -0.1) is 0 Å². The van der Waals surface area contributed by atoms with E-state index in [9.17, 15) is 4.79 Å². The predicted octanol–water partition coefficient (Wildman–Crippen LogP) is 3.82. The van der Waals surface area contributed by atoms with Crippen LogP contribution in [0.1, 0.15) is 48.5 Å². The SMILES string of the molecule is Cc1cc(C=O)ccc1N(C)C1CCCCC1C. The number of carbonyl (C=O) groups excluding carboxylic acids is 1. The Labute approximate surface area is 110 Å². The number of rotatable bonds is 3. The lowest BCUT2D eigenvalue weighted by molar-refractivity contribution is 0.112. The molecule has 18 heavy (non-hydrogen) atoms. The third-order valence-corrected chi connectivity index (χ3v) is 4.30. The molecule has 2 atom stereocenters. The second-order valence-corrected chi connectivity index (χ2v) is 5.60. The number of aldehydes is 1. The first-order valence-corrected chi connectivity index (χ1v) is 6.92. The minimum atomic E-state index is 0.638. The average molecular weight is 245 g/mol. The molecular formula is C16H23NO. The minimum absolute atomic E-state index is 0.638. The summed E-state index contributed by atoms with van der Waals surface area (Å²) in [6.45, 7) is 4.45. The molecule has 1 saturated carbocycles. The summed E-state index contributed by atoms with van der Waals surface area (Å²) >= 11 is 0. The summed E-state index contributed by atoms with van der Waals surface area (Å²) < 4.78 is 0. The van der Waals surface area contributed by atoms with Crippen molar-refractivity contribution in [2.75, 3.05) is 11.9 Å². The van der Waals surface area contributed by atoms with Crippen LogP contribution in [0.15, 0.2) is 18.2 Å². The first-order chi connectivity index (χ1) is 8.63. The highest BCUT2D eigenvalue weighted by Crippen LogP contribution is 2.31.